The number of rotatable bonds is 5. The highest BCUT2D eigenvalue weighted by atomic mass is 16.5. The van der Waals surface area contributed by atoms with Crippen molar-refractivity contribution in [3.05, 3.63) is 71.3 Å². The number of carbonyl (C=O) groups is 5. The Balaban J connectivity index is 1.60. The first-order chi connectivity index (χ1) is 22.1. The van der Waals surface area contributed by atoms with Crippen molar-refractivity contribution in [1.82, 2.24) is 26.2 Å². The molecule has 2 aromatic rings. The third-order valence-electron chi connectivity index (χ3n) is 8.26. The second-order valence-corrected chi connectivity index (χ2v) is 12.6. The number of benzene rings is 2. The van der Waals surface area contributed by atoms with Crippen LogP contribution in [0.1, 0.15) is 74.4 Å². The van der Waals surface area contributed by atoms with Gasteiger partial charge < -0.3 is 30.9 Å². The number of fused-ring (bicyclic) bond motifs is 18. The van der Waals surface area contributed by atoms with E-state index in [-0.39, 0.29) is 24.2 Å². The first-order valence-corrected chi connectivity index (χ1v) is 16.3. The van der Waals surface area contributed by atoms with Crippen LogP contribution in [0.3, 0.4) is 0 Å². The van der Waals surface area contributed by atoms with Gasteiger partial charge in [-0.05, 0) is 68.2 Å². The Morgan fingerprint density at radius 3 is 2.26 bits per heavy atom. The van der Waals surface area contributed by atoms with Crippen LogP contribution in [0.25, 0.3) is 0 Å². The summed E-state index contributed by atoms with van der Waals surface area (Å²) in [5.74, 6) is -1.74. The summed E-state index contributed by atoms with van der Waals surface area (Å²) in [7, 11) is 0. The molecule has 0 spiro atoms. The van der Waals surface area contributed by atoms with Crippen LogP contribution in [0.15, 0.2) is 54.6 Å². The molecule has 3 aliphatic rings. The van der Waals surface area contributed by atoms with E-state index in [1.165, 1.54) is 0 Å². The number of carbonyl (C=O) groups excluding carboxylic acids is 5. The second-order valence-electron chi connectivity index (χ2n) is 12.6. The number of amides is 5. The third kappa shape index (κ3) is 10.1. The lowest BCUT2D eigenvalue weighted by Crippen LogP contribution is -2.57. The predicted molar refractivity (Wildman–Crippen MR) is 173 cm³/mol. The van der Waals surface area contributed by atoms with E-state index < -0.39 is 42.0 Å². The highest BCUT2D eigenvalue weighted by molar-refractivity contribution is 5.99. The van der Waals surface area contributed by atoms with Crippen LogP contribution in [0, 0.1) is 5.92 Å². The molecule has 0 radical (unpaired) electrons. The molecule has 46 heavy (non-hydrogen) atoms. The van der Waals surface area contributed by atoms with Gasteiger partial charge in [-0.15, -0.1) is 0 Å². The maximum absolute atomic E-state index is 13.7. The Kier molecular flexibility index (Phi) is 12.7. The molecule has 3 aliphatic heterocycles. The lowest BCUT2D eigenvalue weighted by Gasteiger charge is -2.26. The van der Waals surface area contributed by atoms with E-state index in [1.54, 1.807) is 24.0 Å². The summed E-state index contributed by atoms with van der Waals surface area (Å²) in [6.07, 6.45) is 2.92. The molecule has 0 aromatic heterocycles. The highest BCUT2D eigenvalue weighted by Crippen LogP contribution is 2.18. The van der Waals surface area contributed by atoms with E-state index >= 15 is 0 Å². The van der Waals surface area contributed by atoms with Gasteiger partial charge in [-0.3, -0.25) is 24.0 Å². The third-order valence-corrected chi connectivity index (χ3v) is 8.26. The van der Waals surface area contributed by atoms with Crippen LogP contribution in [0.2, 0.25) is 0 Å². The number of hydrogen-bond acceptors (Lipinski definition) is 6. The molecule has 4 atom stereocenters. The van der Waals surface area contributed by atoms with Crippen LogP contribution in [-0.2, 0) is 36.9 Å². The van der Waals surface area contributed by atoms with Gasteiger partial charge in [-0.25, -0.2) is 0 Å². The zero-order valence-electron chi connectivity index (χ0n) is 27.1. The van der Waals surface area contributed by atoms with E-state index in [1.807, 2.05) is 56.3 Å². The summed E-state index contributed by atoms with van der Waals surface area (Å²) in [6, 6.07) is 13.6. The Morgan fingerprint density at radius 2 is 1.59 bits per heavy atom. The molecule has 4 N–H and O–H groups in total. The van der Waals surface area contributed by atoms with Gasteiger partial charge in [0, 0.05) is 38.2 Å². The van der Waals surface area contributed by atoms with E-state index in [4.69, 9.17) is 4.74 Å². The van der Waals surface area contributed by atoms with Crippen LogP contribution >= 0.6 is 0 Å². The molecule has 1 saturated heterocycles. The molecule has 5 rings (SSSR count). The lowest BCUT2D eigenvalue weighted by atomic mass is 10.0. The van der Waals surface area contributed by atoms with Gasteiger partial charge >= 0.3 is 0 Å². The number of nitrogens with one attached hydrogen (secondary N) is 4. The van der Waals surface area contributed by atoms with Crippen molar-refractivity contribution in [2.45, 2.75) is 90.1 Å². The van der Waals surface area contributed by atoms with Crippen LogP contribution in [-0.4, -0.2) is 78.4 Å². The smallest absolute Gasteiger partial charge is 0.251 e. The molecule has 248 valence electrons. The van der Waals surface area contributed by atoms with Crippen molar-refractivity contribution in [3.63, 3.8) is 0 Å². The van der Waals surface area contributed by atoms with Gasteiger partial charge in [-0.1, -0.05) is 56.3 Å². The number of hydrogen-bond donors (Lipinski definition) is 4. The Labute approximate surface area is 271 Å². The topological polar surface area (TPSA) is 146 Å². The van der Waals surface area contributed by atoms with E-state index in [9.17, 15) is 24.0 Å². The molecule has 0 unspecified atom stereocenters. The van der Waals surface area contributed by atoms with E-state index in [2.05, 4.69) is 21.3 Å². The Bertz CT molecular complexity index is 1340. The minimum Gasteiger partial charge on any atom is -0.368 e. The average molecular weight is 634 g/mol. The monoisotopic (exact) mass is 633 g/mol. The molecule has 1 fully saturated rings. The lowest BCUT2D eigenvalue weighted by molar-refractivity contribution is -0.141. The zero-order chi connectivity index (χ0) is 33.1. The standard InChI is InChI=1S/C35H47N5O6/c1-23(2)20-28-33(43)37-24(3)31(41)36-17-7-8-18-40(35(45)30-12-9-19-46-30)22-26-13-15-27(16-14-26)32(42)38-29(34(44)39-28)21-25-10-5-4-6-11-25/h4-6,10-11,13-16,23-24,28-30H,7-9,12,17-22H2,1-3H3,(H,36,41)(H,37,43)(H,38,42)(H,39,44)/t24-,28+,29-,30+/m1/s1. The van der Waals surface area contributed by atoms with Gasteiger partial charge in [0.25, 0.3) is 11.8 Å². The van der Waals surface area contributed by atoms with Crippen LogP contribution in [0.5, 0.6) is 0 Å². The minimum atomic E-state index is -0.966. The first kappa shape index (κ1) is 34.6. The SMILES string of the molecule is CC(C)C[C@@H]1NC(=O)[C@@H](Cc2ccccc2)NC(=O)c2ccc(cc2)CN(C(=O)[C@@H]2CCCO2)CCCCNC(=O)[C@@H](C)NC1=O. The fourth-order valence-electron chi connectivity index (χ4n) is 5.67. The van der Waals surface area contributed by atoms with Gasteiger partial charge in [0.15, 0.2) is 0 Å². The Hall–Kier alpha value is -4.25. The molecule has 11 heteroatoms. The molecule has 0 saturated carbocycles. The highest BCUT2D eigenvalue weighted by Gasteiger charge is 2.30. The molecule has 11 nitrogen and oxygen atoms in total. The van der Waals surface area contributed by atoms with Crippen molar-refractivity contribution in [1.29, 1.82) is 0 Å². The molecular formula is C35H47N5O6. The first-order valence-electron chi connectivity index (χ1n) is 16.3. The summed E-state index contributed by atoms with van der Waals surface area (Å²) in [5, 5.41) is 11.3. The van der Waals surface area contributed by atoms with E-state index in [0.717, 1.165) is 17.5 Å². The average Bonchev–Trinajstić information content (AvgIpc) is 3.58. The summed E-state index contributed by atoms with van der Waals surface area (Å²) in [5.41, 5.74) is 2.07. The Morgan fingerprint density at radius 1 is 0.870 bits per heavy atom. The maximum Gasteiger partial charge on any atom is 0.251 e. The molecule has 2 aromatic carbocycles. The summed E-state index contributed by atoms with van der Waals surface area (Å²) in [6.45, 7) is 7.27. The van der Waals surface area contributed by atoms with Crippen molar-refractivity contribution < 1.29 is 28.7 Å². The maximum atomic E-state index is 13.7. The van der Waals surface area contributed by atoms with Gasteiger partial charge in [-0.2, -0.15) is 0 Å². The summed E-state index contributed by atoms with van der Waals surface area (Å²) in [4.78, 5) is 68.4. The fraction of sp³-hybridized carbons (Fsp3) is 0.514. The largest absolute Gasteiger partial charge is 0.368 e. The van der Waals surface area contributed by atoms with Gasteiger partial charge in [0.05, 0.1) is 0 Å². The quantitative estimate of drug-likeness (QED) is 0.373. The minimum absolute atomic E-state index is 0.0659. The van der Waals surface area contributed by atoms with Crippen molar-refractivity contribution >= 4 is 29.5 Å². The fourth-order valence-corrected chi connectivity index (χ4v) is 5.67. The van der Waals surface area contributed by atoms with Crippen molar-refractivity contribution in [2.24, 2.45) is 5.92 Å². The number of ether oxygens (including phenoxy) is 1. The second kappa shape index (κ2) is 16.9. The number of nitrogens with zero attached hydrogens (tertiary/aromatic N) is 1. The normalized spacial score (nSPS) is 24.0. The van der Waals surface area contributed by atoms with Crippen LogP contribution in [0.4, 0.5) is 0 Å². The molecule has 0 aliphatic carbocycles. The van der Waals surface area contributed by atoms with Gasteiger partial charge in [0.2, 0.25) is 17.7 Å². The van der Waals surface area contributed by atoms with Crippen LogP contribution < -0.4 is 21.3 Å². The molecule has 5 amide bonds. The molecule has 2 bridgehead atoms. The van der Waals surface area contributed by atoms with Gasteiger partial charge in [0.1, 0.15) is 24.2 Å². The molecular weight excluding hydrogens is 586 g/mol. The van der Waals surface area contributed by atoms with E-state index in [0.29, 0.717) is 57.5 Å². The van der Waals surface area contributed by atoms with Crippen molar-refractivity contribution in [3.8, 4) is 0 Å². The summed E-state index contributed by atoms with van der Waals surface area (Å²) < 4.78 is 5.67. The predicted octanol–water partition coefficient (Wildman–Crippen LogP) is 2.48. The zero-order valence-corrected chi connectivity index (χ0v) is 27.1. The summed E-state index contributed by atoms with van der Waals surface area (Å²) >= 11 is 0. The van der Waals surface area contributed by atoms with Crippen molar-refractivity contribution in [2.75, 3.05) is 19.7 Å². The molecule has 3 heterocycles.